The topological polar surface area (TPSA) is 85.8 Å². The summed E-state index contributed by atoms with van der Waals surface area (Å²) in [4.78, 5) is 30.1. The largest absolute Gasteiger partial charge is 0.465 e. The summed E-state index contributed by atoms with van der Waals surface area (Å²) in [5.41, 5.74) is 2.47. The molecule has 0 radical (unpaired) electrons. The van der Waals surface area contributed by atoms with Gasteiger partial charge in [0, 0.05) is 42.9 Å². The molecule has 2 atom stereocenters. The van der Waals surface area contributed by atoms with Gasteiger partial charge in [-0.05, 0) is 42.5 Å². The molecule has 1 aliphatic heterocycles. The van der Waals surface area contributed by atoms with Gasteiger partial charge in [-0.1, -0.05) is 38.1 Å². The van der Waals surface area contributed by atoms with Crippen molar-refractivity contribution in [1.82, 2.24) is 14.8 Å². The van der Waals surface area contributed by atoms with Gasteiger partial charge in [-0.25, -0.2) is 4.79 Å². The predicted octanol–water partition coefficient (Wildman–Crippen LogP) is 4.85. The van der Waals surface area contributed by atoms with Crippen molar-refractivity contribution in [2.24, 2.45) is 11.3 Å². The molecule has 2 aliphatic carbocycles. The maximum atomic E-state index is 14.1. The lowest BCUT2D eigenvalue weighted by atomic mass is 9.57. The highest BCUT2D eigenvalue weighted by Gasteiger charge is 2.57. The summed E-state index contributed by atoms with van der Waals surface area (Å²) in [6.07, 6.45) is -2.70. The normalized spacial score (nSPS) is 22.5. The molecule has 10 heteroatoms. The van der Waals surface area contributed by atoms with Gasteiger partial charge in [0.15, 0.2) is 6.04 Å². The number of amides is 2. The van der Waals surface area contributed by atoms with E-state index in [0.717, 1.165) is 11.3 Å². The molecule has 5 rings (SSSR count). The van der Waals surface area contributed by atoms with Gasteiger partial charge in [0.05, 0.1) is 17.6 Å². The number of nitrogens with zero attached hydrogens (tertiary/aromatic N) is 3. The van der Waals surface area contributed by atoms with Crippen molar-refractivity contribution < 1.29 is 27.9 Å². The molecular formula is C27H31F3N4O3. The lowest BCUT2D eigenvalue weighted by molar-refractivity contribution is -0.196. The van der Waals surface area contributed by atoms with E-state index < -0.39 is 30.1 Å². The highest BCUT2D eigenvalue weighted by Crippen LogP contribution is 2.53. The van der Waals surface area contributed by atoms with Crippen LogP contribution in [0, 0.1) is 11.3 Å². The van der Waals surface area contributed by atoms with Crippen molar-refractivity contribution in [2.45, 2.75) is 56.8 Å². The summed E-state index contributed by atoms with van der Waals surface area (Å²) in [5.74, 6) is -1.13. The van der Waals surface area contributed by atoms with Crippen molar-refractivity contribution >= 4 is 17.7 Å². The van der Waals surface area contributed by atoms with Crippen LogP contribution in [-0.2, 0) is 16.6 Å². The van der Waals surface area contributed by atoms with Crippen molar-refractivity contribution in [3.63, 3.8) is 0 Å². The van der Waals surface area contributed by atoms with Crippen molar-refractivity contribution in [3.05, 3.63) is 59.4 Å². The zero-order chi connectivity index (χ0) is 26.8. The van der Waals surface area contributed by atoms with Gasteiger partial charge in [0.25, 0.3) is 0 Å². The zero-order valence-corrected chi connectivity index (χ0v) is 21.0. The molecule has 3 aliphatic rings. The first-order valence-corrected chi connectivity index (χ1v) is 12.4. The molecule has 2 fully saturated rings. The van der Waals surface area contributed by atoms with Gasteiger partial charge in [-0.3, -0.25) is 9.78 Å². The number of halogens is 3. The first-order chi connectivity index (χ1) is 17.3. The fourth-order valence-corrected chi connectivity index (χ4v) is 6.39. The fourth-order valence-electron chi connectivity index (χ4n) is 6.39. The third-order valence-corrected chi connectivity index (χ3v) is 8.49. The van der Waals surface area contributed by atoms with E-state index in [2.05, 4.69) is 36.3 Å². The van der Waals surface area contributed by atoms with Crippen molar-refractivity contribution in [1.29, 1.82) is 0 Å². The van der Waals surface area contributed by atoms with Crippen LogP contribution in [0.2, 0.25) is 0 Å². The molecule has 1 spiro atoms. The number of hydrogen-bond acceptors (Lipinski definition) is 4. The molecule has 2 amide bonds. The van der Waals surface area contributed by atoms with Gasteiger partial charge in [-0.2, -0.15) is 13.2 Å². The van der Waals surface area contributed by atoms with Crippen LogP contribution < -0.4 is 5.32 Å². The Morgan fingerprint density at radius 3 is 2.41 bits per heavy atom. The zero-order valence-electron chi connectivity index (χ0n) is 21.0. The number of likely N-dealkylation sites (tertiary alicyclic amines) is 1. The van der Waals surface area contributed by atoms with E-state index in [1.165, 1.54) is 35.3 Å². The number of alkyl halides is 3. The summed E-state index contributed by atoms with van der Waals surface area (Å²) in [7, 11) is 1.17. The maximum Gasteiger partial charge on any atom is 0.414 e. The van der Waals surface area contributed by atoms with Crippen LogP contribution in [0.1, 0.15) is 49.6 Å². The molecule has 1 unspecified atom stereocenters. The number of carbonyl (C=O) groups is 2. The van der Waals surface area contributed by atoms with Crippen LogP contribution in [0.4, 0.5) is 23.7 Å². The van der Waals surface area contributed by atoms with E-state index in [1.54, 1.807) is 6.07 Å². The molecule has 1 aromatic heterocycles. The average Bonchev–Trinajstić information content (AvgIpc) is 3.01. The van der Waals surface area contributed by atoms with E-state index >= 15 is 0 Å². The van der Waals surface area contributed by atoms with E-state index in [0.29, 0.717) is 31.6 Å². The van der Waals surface area contributed by atoms with Crippen LogP contribution in [0.3, 0.4) is 0 Å². The number of pyridine rings is 1. The quantitative estimate of drug-likeness (QED) is 0.594. The molecule has 2 aromatic rings. The number of hydrogen-bond donors (Lipinski definition) is 2. The molecule has 37 heavy (non-hydrogen) atoms. The Bertz CT molecular complexity index is 1200. The number of carbonyl (C=O) groups excluding carboxylic acids is 1. The second-order valence-electron chi connectivity index (χ2n) is 11.4. The van der Waals surface area contributed by atoms with Gasteiger partial charge >= 0.3 is 12.3 Å². The monoisotopic (exact) mass is 516 g/mol. The number of rotatable bonds is 5. The fraction of sp³-hybridized carbons (Fsp3) is 0.519. The summed E-state index contributed by atoms with van der Waals surface area (Å²) < 4.78 is 42.4. The van der Waals surface area contributed by atoms with Gasteiger partial charge in [0.1, 0.15) is 0 Å². The van der Waals surface area contributed by atoms with Crippen molar-refractivity contribution in [2.75, 3.05) is 25.5 Å². The Kier molecular flexibility index (Phi) is 5.91. The standard InChI is InChI=1S/C27H31F3N4O3/c1-25(2)19-7-5-4-6-16(19)10-21(25)32-18-8-9-20(31-13-18)22(27(28,29)30)33(3)23(35)17-11-26(12-17)14-34(15-26)24(36)37/h4-9,13,17,21-22,32H,10-12,14-15H2,1-3H3,(H,36,37)/t21?,22-/m0/s1. The van der Waals surface area contributed by atoms with Crippen LogP contribution in [0.25, 0.3) is 0 Å². The summed E-state index contributed by atoms with van der Waals surface area (Å²) >= 11 is 0. The van der Waals surface area contributed by atoms with Crippen LogP contribution >= 0.6 is 0 Å². The second-order valence-corrected chi connectivity index (χ2v) is 11.4. The summed E-state index contributed by atoms with van der Waals surface area (Å²) in [5, 5.41) is 12.5. The third-order valence-electron chi connectivity index (χ3n) is 8.49. The second kappa shape index (κ2) is 8.63. The Morgan fingerprint density at radius 1 is 1.16 bits per heavy atom. The number of anilines is 1. The minimum Gasteiger partial charge on any atom is -0.465 e. The van der Waals surface area contributed by atoms with Crippen LogP contribution in [0.15, 0.2) is 42.6 Å². The Hall–Kier alpha value is -3.30. The Labute approximate surface area is 213 Å². The molecule has 2 N–H and O–H groups in total. The van der Waals surface area contributed by atoms with Crippen LogP contribution in [-0.4, -0.2) is 64.2 Å². The van der Waals surface area contributed by atoms with Gasteiger partial charge in [-0.15, -0.1) is 0 Å². The van der Waals surface area contributed by atoms with E-state index in [4.69, 9.17) is 5.11 Å². The smallest absolute Gasteiger partial charge is 0.414 e. The third kappa shape index (κ3) is 4.40. The first kappa shape index (κ1) is 25.4. The van der Waals surface area contributed by atoms with E-state index in [1.807, 2.05) is 12.1 Å². The predicted molar refractivity (Wildman–Crippen MR) is 131 cm³/mol. The molecular weight excluding hydrogens is 485 g/mol. The van der Waals surface area contributed by atoms with Gasteiger partial charge in [0.2, 0.25) is 5.91 Å². The number of aromatic nitrogens is 1. The number of carboxylic acid groups (broad SMARTS) is 1. The SMILES string of the molecule is CN(C(=O)C1CC2(C1)CN(C(=O)O)C2)[C@@H](c1ccc(NC2Cc3ccccc3C2(C)C)cn1)C(F)(F)F. The molecule has 7 nitrogen and oxygen atoms in total. The number of fused-ring (bicyclic) bond motifs is 1. The number of benzene rings is 1. The van der Waals surface area contributed by atoms with Crippen molar-refractivity contribution in [3.8, 4) is 0 Å². The minimum absolute atomic E-state index is 0.0645. The Balaban J connectivity index is 1.26. The Morgan fingerprint density at radius 2 is 1.84 bits per heavy atom. The van der Waals surface area contributed by atoms with E-state index in [-0.39, 0.29) is 22.6 Å². The molecule has 2 heterocycles. The highest BCUT2D eigenvalue weighted by atomic mass is 19.4. The first-order valence-electron chi connectivity index (χ1n) is 12.4. The maximum absolute atomic E-state index is 14.1. The molecule has 1 saturated carbocycles. The summed E-state index contributed by atoms with van der Waals surface area (Å²) in [6, 6.07) is 9.04. The highest BCUT2D eigenvalue weighted by molar-refractivity contribution is 5.80. The van der Waals surface area contributed by atoms with Gasteiger partial charge < -0.3 is 20.2 Å². The average molecular weight is 517 g/mol. The number of nitrogens with one attached hydrogen (secondary N) is 1. The molecule has 1 aromatic carbocycles. The summed E-state index contributed by atoms with van der Waals surface area (Å²) in [6.45, 7) is 4.95. The minimum atomic E-state index is -4.69. The van der Waals surface area contributed by atoms with E-state index in [9.17, 15) is 22.8 Å². The lowest BCUT2D eigenvalue weighted by Crippen LogP contribution is -2.65. The lowest BCUT2D eigenvalue weighted by Gasteiger charge is -2.58. The molecule has 0 bridgehead atoms. The molecule has 198 valence electrons. The molecule has 1 saturated heterocycles. The van der Waals surface area contributed by atoms with Crippen LogP contribution in [0.5, 0.6) is 0 Å².